The first-order chi connectivity index (χ1) is 7.37. The summed E-state index contributed by atoms with van der Waals surface area (Å²) in [6.45, 7) is 1.37. The van der Waals surface area contributed by atoms with Crippen LogP contribution in [0, 0.1) is 6.92 Å². The molecule has 1 aromatic heterocycles. The van der Waals surface area contributed by atoms with Crippen LogP contribution in [-0.2, 0) is 0 Å². The fourth-order valence-corrected chi connectivity index (χ4v) is 1.05. The van der Waals surface area contributed by atoms with E-state index in [0.29, 0.717) is 6.29 Å². The second-order valence-electron chi connectivity index (χ2n) is 2.86. The molecule has 0 saturated carbocycles. The van der Waals surface area contributed by atoms with Crippen LogP contribution in [0.5, 0.6) is 11.6 Å². The third-order valence-corrected chi connectivity index (χ3v) is 1.70. The first-order valence-corrected chi connectivity index (χ1v) is 4.14. The van der Waals surface area contributed by atoms with E-state index < -0.39 is 12.2 Å². The Morgan fingerprint density at radius 1 is 1.44 bits per heavy atom. The van der Waals surface area contributed by atoms with Gasteiger partial charge in [-0.1, -0.05) is 0 Å². The maximum Gasteiger partial charge on any atom is 0.574 e. The van der Waals surface area contributed by atoms with Crippen molar-refractivity contribution in [3.63, 3.8) is 0 Å². The minimum Gasteiger partial charge on any atom is -0.494 e. The molecule has 0 fully saturated rings. The summed E-state index contributed by atoms with van der Waals surface area (Å²) in [5, 5.41) is 0. The summed E-state index contributed by atoms with van der Waals surface area (Å²) in [4.78, 5) is 13.9. The van der Waals surface area contributed by atoms with Gasteiger partial charge in [0.2, 0.25) is 5.88 Å². The van der Waals surface area contributed by atoms with Gasteiger partial charge in [-0.2, -0.15) is 0 Å². The molecule has 1 aromatic rings. The molecule has 16 heavy (non-hydrogen) atoms. The van der Waals surface area contributed by atoms with Crippen LogP contribution in [0.2, 0.25) is 0 Å². The molecular weight excluding hydrogens is 227 g/mol. The van der Waals surface area contributed by atoms with Gasteiger partial charge in [-0.15, -0.1) is 13.2 Å². The topological polar surface area (TPSA) is 48.4 Å². The Morgan fingerprint density at radius 2 is 2.06 bits per heavy atom. The molecule has 88 valence electrons. The van der Waals surface area contributed by atoms with E-state index >= 15 is 0 Å². The predicted molar refractivity (Wildman–Crippen MR) is 47.6 cm³/mol. The van der Waals surface area contributed by atoms with Crippen molar-refractivity contribution in [2.45, 2.75) is 13.3 Å². The van der Waals surface area contributed by atoms with Crippen molar-refractivity contribution in [1.82, 2.24) is 4.98 Å². The predicted octanol–water partition coefficient (Wildman–Crippen LogP) is 2.11. The smallest absolute Gasteiger partial charge is 0.494 e. The molecule has 0 N–H and O–H groups in total. The molecule has 0 aliphatic rings. The first kappa shape index (κ1) is 12.3. The molecule has 0 unspecified atom stereocenters. The summed E-state index contributed by atoms with van der Waals surface area (Å²) < 4.78 is 44.3. The van der Waals surface area contributed by atoms with Gasteiger partial charge in [0.15, 0.2) is 6.29 Å². The maximum absolute atomic E-state index is 12.0. The number of carbonyl (C=O) groups is 1. The zero-order chi connectivity index (χ0) is 12.3. The third-order valence-electron chi connectivity index (χ3n) is 1.70. The number of alkyl halides is 3. The average Bonchev–Trinajstić information content (AvgIpc) is 2.18. The van der Waals surface area contributed by atoms with Gasteiger partial charge in [0.05, 0.1) is 7.11 Å². The minimum atomic E-state index is -4.84. The standard InChI is InChI=1S/C9H8F3NO3/c1-5-3-7(15-2)6(4-14)13-8(5)16-9(10,11)12/h3-4H,1-2H3. The molecule has 0 atom stereocenters. The van der Waals surface area contributed by atoms with Crippen LogP contribution in [0.25, 0.3) is 0 Å². The van der Waals surface area contributed by atoms with Crippen molar-refractivity contribution < 1.29 is 27.4 Å². The van der Waals surface area contributed by atoms with Gasteiger partial charge in [-0.25, -0.2) is 4.98 Å². The molecule has 0 radical (unpaired) electrons. The number of pyridine rings is 1. The largest absolute Gasteiger partial charge is 0.574 e. The van der Waals surface area contributed by atoms with E-state index in [1.807, 2.05) is 0 Å². The van der Waals surface area contributed by atoms with Crippen molar-refractivity contribution >= 4 is 6.29 Å². The molecule has 0 aromatic carbocycles. The van der Waals surface area contributed by atoms with E-state index in [4.69, 9.17) is 4.74 Å². The van der Waals surface area contributed by atoms with Crippen LogP contribution >= 0.6 is 0 Å². The Labute approximate surface area is 89.0 Å². The molecule has 4 nitrogen and oxygen atoms in total. The molecular formula is C9H8F3NO3. The minimum absolute atomic E-state index is 0.0991. The Balaban J connectivity index is 3.16. The average molecular weight is 235 g/mol. The first-order valence-electron chi connectivity index (χ1n) is 4.14. The van der Waals surface area contributed by atoms with Crippen molar-refractivity contribution in [2.24, 2.45) is 0 Å². The number of rotatable bonds is 3. The SMILES string of the molecule is COc1cc(C)c(OC(F)(F)F)nc1C=O. The lowest BCUT2D eigenvalue weighted by molar-refractivity contribution is -0.276. The van der Waals surface area contributed by atoms with E-state index in [2.05, 4.69) is 9.72 Å². The van der Waals surface area contributed by atoms with Crippen LogP contribution < -0.4 is 9.47 Å². The number of nitrogens with zero attached hydrogens (tertiary/aromatic N) is 1. The Kier molecular flexibility index (Phi) is 3.36. The number of hydrogen-bond donors (Lipinski definition) is 0. The van der Waals surface area contributed by atoms with Gasteiger partial charge in [0.25, 0.3) is 0 Å². The molecule has 0 amide bonds. The number of aromatic nitrogens is 1. The summed E-state index contributed by atoms with van der Waals surface area (Å²) in [5.41, 5.74) is -0.118. The maximum atomic E-state index is 12.0. The summed E-state index contributed by atoms with van der Waals surface area (Å²) in [5.74, 6) is -0.558. The number of aryl methyl sites for hydroxylation is 1. The third kappa shape index (κ3) is 2.85. The van der Waals surface area contributed by atoms with Gasteiger partial charge in [-0.05, 0) is 13.0 Å². The second kappa shape index (κ2) is 4.38. The molecule has 0 aliphatic heterocycles. The lowest BCUT2D eigenvalue weighted by Gasteiger charge is -2.12. The Morgan fingerprint density at radius 3 is 2.50 bits per heavy atom. The van der Waals surface area contributed by atoms with E-state index in [1.54, 1.807) is 0 Å². The van der Waals surface area contributed by atoms with Crippen LogP contribution in [0.3, 0.4) is 0 Å². The summed E-state index contributed by atoms with van der Waals surface area (Å²) >= 11 is 0. The molecule has 1 heterocycles. The normalized spacial score (nSPS) is 11.1. The highest BCUT2D eigenvalue weighted by atomic mass is 19.4. The van der Waals surface area contributed by atoms with Crippen molar-refractivity contribution in [3.05, 3.63) is 17.3 Å². The fourth-order valence-electron chi connectivity index (χ4n) is 1.05. The van der Waals surface area contributed by atoms with Gasteiger partial charge >= 0.3 is 6.36 Å². The molecule has 0 saturated heterocycles. The molecule has 1 rings (SSSR count). The molecule has 0 bridgehead atoms. The van der Waals surface area contributed by atoms with Crippen LogP contribution in [0.4, 0.5) is 13.2 Å². The molecule has 0 spiro atoms. The second-order valence-corrected chi connectivity index (χ2v) is 2.86. The van der Waals surface area contributed by atoms with Crippen molar-refractivity contribution in [3.8, 4) is 11.6 Å². The van der Waals surface area contributed by atoms with E-state index in [0.717, 1.165) is 0 Å². The van der Waals surface area contributed by atoms with E-state index in [1.165, 1.54) is 20.1 Å². The zero-order valence-electron chi connectivity index (χ0n) is 8.46. The van der Waals surface area contributed by atoms with Crippen molar-refractivity contribution in [2.75, 3.05) is 7.11 Å². The lowest BCUT2D eigenvalue weighted by atomic mass is 10.2. The highest BCUT2D eigenvalue weighted by Crippen LogP contribution is 2.28. The van der Waals surface area contributed by atoms with E-state index in [-0.39, 0.29) is 17.0 Å². The monoisotopic (exact) mass is 235 g/mol. The number of aldehydes is 1. The highest BCUT2D eigenvalue weighted by Gasteiger charge is 2.33. The lowest BCUT2D eigenvalue weighted by Crippen LogP contribution is -2.19. The fraction of sp³-hybridized carbons (Fsp3) is 0.333. The molecule has 7 heteroatoms. The van der Waals surface area contributed by atoms with E-state index in [9.17, 15) is 18.0 Å². The van der Waals surface area contributed by atoms with Crippen LogP contribution in [0.15, 0.2) is 6.07 Å². The van der Waals surface area contributed by atoms with Gasteiger partial charge in [0, 0.05) is 5.56 Å². The Bertz CT molecular complexity index is 404. The number of methoxy groups -OCH3 is 1. The number of carbonyl (C=O) groups excluding carboxylic acids is 1. The number of ether oxygens (including phenoxy) is 2. The zero-order valence-corrected chi connectivity index (χ0v) is 8.46. The van der Waals surface area contributed by atoms with Crippen LogP contribution in [0.1, 0.15) is 16.1 Å². The van der Waals surface area contributed by atoms with Gasteiger partial charge in [0.1, 0.15) is 11.4 Å². The van der Waals surface area contributed by atoms with Crippen LogP contribution in [-0.4, -0.2) is 24.7 Å². The van der Waals surface area contributed by atoms with Gasteiger partial charge in [-0.3, -0.25) is 4.79 Å². The molecule has 0 aliphatic carbocycles. The number of hydrogen-bond acceptors (Lipinski definition) is 4. The highest BCUT2D eigenvalue weighted by molar-refractivity contribution is 5.76. The van der Waals surface area contributed by atoms with Gasteiger partial charge < -0.3 is 9.47 Å². The summed E-state index contributed by atoms with van der Waals surface area (Å²) in [6, 6.07) is 1.25. The number of halogens is 3. The summed E-state index contributed by atoms with van der Waals surface area (Å²) in [7, 11) is 1.29. The van der Waals surface area contributed by atoms with Crippen molar-refractivity contribution in [1.29, 1.82) is 0 Å². The summed E-state index contributed by atoms with van der Waals surface area (Å²) in [6.07, 6.45) is -4.55. The Hall–Kier alpha value is -1.79. The quantitative estimate of drug-likeness (QED) is 0.753.